The van der Waals surface area contributed by atoms with Gasteiger partial charge in [-0.3, -0.25) is 0 Å². The van der Waals surface area contributed by atoms with Crippen LogP contribution in [0.2, 0.25) is 0 Å². The molecule has 0 fully saturated rings. The third kappa shape index (κ3) is 5.54. The van der Waals surface area contributed by atoms with E-state index >= 15 is 0 Å². The van der Waals surface area contributed by atoms with Gasteiger partial charge in [0.2, 0.25) is 0 Å². The van der Waals surface area contributed by atoms with Crippen molar-refractivity contribution in [2.45, 2.75) is 33.3 Å². The van der Waals surface area contributed by atoms with E-state index < -0.39 is 17.7 Å². The summed E-state index contributed by atoms with van der Waals surface area (Å²) in [6.07, 6.45) is -0.447. The molecule has 0 atom stereocenters. The van der Waals surface area contributed by atoms with Gasteiger partial charge in [-0.25, -0.2) is 14.6 Å². The van der Waals surface area contributed by atoms with Crippen LogP contribution in [0, 0.1) is 6.92 Å². The molecule has 0 aromatic carbocycles. The van der Waals surface area contributed by atoms with Crippen molar-refractivity contribution < 1.29 is 19.1 Å². The maximum Gasteiger partial charge on any atom is 0.410 e. The van der Waals surface area contributed by atoms with Crippen LogP contribution in [0.15, 0.2) is 16.8 Å². The van der Waals surface area contributed by atoms with Gasteiger partial charge in [0, 0.05) is 18.0 Å². The van der Waals surface area contributed by atoms with E-state index in [0.29, 0.717) is 10.6 Å². The quantitative estimate of drug-likeness (QED) is 0.725. The van der Waals surface area contributed by atoms with Gasteiger partial charge in [0.25, 0.3) is 0 Å². The average Bonchev–Trinajstić information content (AvgIpc) is 3.14. The fourth-order valence-electron chi connectivity index (χ4n) is 1.87. The number of hydrogen-bond acceptors (Lipinski definition) is 7. The minimum absolute atomic E-state index is 0.0969. The number of ether oxygens (including phenoxy) is 2. The van der Waals surface area contributed by atoms with E-state index in [0.717, 1.165) is 10.6 Å². The molecule has 136 valence electrons. The summed E-state index contributed by atoms with van der Waals surface area (Å²) in [6, 6.07) is 1.97. The van der Waals surface area contributed by atoms with Gasteiger partial charge >= 0.3 is 12.1 Å². The number of esters is 1. The Hall–Kier alpha value is -1.93. The smallest absolute Gasteiger partial charge is 0.410 e. The molecule has 8 heteroatoms. The van der Waals surface area contributed by atoms with Crippen LogP contribution in [0.3, 0.4) is 0 Å². The van der Waals surface area contributed by atoms with Crippen LogP contribution >= 0.6 is 22.7 Å². The van der Waals surface area contributed by atoms with E-state index in [2.05, 4.69) is 4.98 Å². The van der Waals surface area contributed by atoms with Gasteiger partial charge in [-0.05, 0) is 39.1 Å². The normalized spacial score (nSPS) is 11.2. The summed E-state index contributed by atoms with van der Waals surface area (Å²) >= 11 is 2.90. The standard InChI is InChI=1S/C17H22N2O4S2/c1-11-13(25-14(18-11)12-6-9-24-10-12)15(20)22-8-7-19(5)16(21)23-17(2,3)4/h6,9-10H,7-8H2,1-5H3. The zero-order valence-electron chi connectivity index (χ0n) is 15.0. The van der Waals surface area contributed by atoms with Crippen molar-refractivity contribution in [2.24, 2.45) is 0 Å². The molecule has 0 N–H and O–H groups in total. The number of amides is 1. The Balaban J connectivity index is 1.88. The molecule has 0 aliphatic heterocycles. The molecular formula is C17H22N2O4S2. The second-order valence-corrected chi connectivity index (χ2v) is 8.26. The van der Waals surface area contributed by atoms with Crippen LogP contribution in [-0.2, 0) is 9.47 Å². The molecular weight excluding hydrogens is 360 g/mol. The van der Waals surface area contributed by atoms with Gasteiger partial charge in [-0.15, -0.1) is 11.3 Å². The van der Waals surface area contributed by atoms with Gasteiger partial charge in [0.1, 0.15) is 22.1 Å². The molecule has 2 rings (SSSR count). The molecule has 0 saturated carbocycles. The van der Waals surface area contributed by atoms with Crippen molar-refractivity contribution in [1.29, 1.82) is 0 Å². The highest BCUT2D eigenvalue weighted by molar-refractivity contribution is 7.17. The van der Waals surface area contributed by atoms with Crippen molar-refractivity contribution in [2.75, 3.05) is 20.2 Å². The summed E-state index contributed by atoms with van der Waals surface area (Å²) < 4.78 is 10.5. The Labute approximate surface area is 155 Å². The summed E-state index contributed by atoms with van der Waals surface area (Å²) in [6.45, 7) is 7.55. The lowest BCUT2D eigenvalue weighted by atomic mass is 10.2. The number of hydrogen-bond donors (Lipinski definition) is 0. The predicted octanol–water partition coefficient (Wildman–Crippen LogP) is 4.20. The Morgan fingerprint density at radius 1 is 1.32 bits per heavy atom. The molecule has 0 bridgehead atoms. The zero-order valence-corrected chi connectivity index (χ0v) is 16.6. The number of thiophene rings is 1. The van der Waals surface area contributed by atoms with Gasteiger partial charge in [0.05, 0.1) is 12.2 Å². The molecule has 2 aromatic heterocycles. The van der Waals surface area contributed by atoms with Crippen LogP contribution in [-0.4, -0.2) is 47.7 Å². The van der Waals surface area contributed by atoms with Crippen LogP contribution in [0.1, 0.15) is 36.1 Å². The molecule has 0 radical (unpaired) electrons. The molecule has 25 heavy (non-hydrogen) atoms. The van der Waals surface area contributed by atoms with E-state index in [9.17, 15) is 9.59 Å². The lowest BCUT2D eigenvalue weighted by Gasteiger charge is -2.24. The van der Waals surface area contributed by atoms with Crippen molar-refractivity contribution in [1.82, 2.24) is 9.88 Å². The topological polar surface area (TPSA) is 68.7 Å². The molecule has 0 aliphatic carbocycles. The van der Waals surface area contributed by atoms with Crippen molar-refractivity contribution in [3.8, 4) is 10.6 Å². The first kappa shape index (κ1) is 19.4. The number of rotatable bonds is 5. The molecule has 6 nitrogen and oxygen atoms in total. The first-order valence-electron chi connectivity index (χ1n) is 7.78. The number of thiazole rings is 1. The Bertz CT molecular complexity index is 732. The number of carbonyl (C=O) groups excluding carboxylic acids is 2. The van der Waals surface area contributed by atoms with Crippen LogP contribution in [0.25, 0.3) is 10.6 Å². The molecule has 0 aliphatic rings. The van der Waals surface area contributed by atoms with Crippen molar-refractivity contribution in [3.63, 3.8) is 0 Å². The van der Waals surface area contributed by atoms with Gasteiger partial charge in [0.15, 0.2) is 0 Å². The van der Waals surface area contributed by atoms with E-state index in [1.165, 1.54) is 16.2 Å². The van der Waals surface area contributed by atoms with Crippen LogP contribution in [0.5, 0.6) is 0 Å². The highest BCUT2D eigenvalue weighted by Crippen LogP contribution is 2.29. The molecule has 0 unspecified atom stereocenters. The summed E-state index contributed by atoms with van der Waals surface area (Å²) in [5.74, 6) is -0.422. The van der Waals surface area contributed by atoms with E-state index in [-0.39, 0.29) is 13.2 Å². The van der Waals surface area contributed by atoms with Crippen LogP contribution < -0.4 is 0 Å². The highest BCUT2D eigenvalue weighted by Gasteiger charge is 2.21. The maximum absolute atomic E-state index is 12.2. The van der Waals surface area contributed by atoms with Crippen molar-refractivity contribution >= 4 is 34.7 Å². The molecule has 0 saturated heterocycles. The predicted molar refractivity (Wildman–Crippen MR) is 99.3 cm³/mol. The first-order valence-corrected chi connectivity index (χ1v) is 9.54. The SMILES string of the molecule is Cc1nc(-c2ccsc2)sc1C(=O)OCCN(C)C(=O)OC(C)(C)C. The second kappa shape index (κ2) is 7.97. The third-order valence-electron chi connectivity index (χ3n) is 3.12. The fourth-order valence-corrected chi connectivity index (χ4v) is 3.54. The van der Waals surface area contributed by atoms with Gasteiger partial charge in [-0.1, -0.05) is 0 Å². The lowest BCUT2D eigenvalue weighted by molar-refractivity contribution is 0.0218. The summed E-state index contributed by atoms with van der Waals surface area (Å²) in [5.41, 5.74) is 1.10. The molecule has 2 heterocycles. The van der Waals surface area contributed by atoms with E-state index in [1.807, 2.05) is 16.8 Å². The van der Waals surface area contributed by atoms with E-state index in [1.54, 1.807) is 46.1 Å². The Morgan fingerprint density at radius 3 is 2.64 bits per heavy atom. The molecule has 2 aromatic rings. The van der Waals surface area contributed by atoms with Gasteiger partial charge in [-0.2, -0.15) is 11.3 Å². The first-order chi connectivity index (χ1) is 11.7. The Morgan fingerprint density at radius 2 is 2.04 bits per heavy atom. The minimum atomic E-state index is -0.556. The average molecular weight is 383 g/mol. The molecule has 0 spiro atoms. The number of carbonyl (C=O) groups is 2. The molecule has 1 amide bonds. The monoisotopic (exact) mass is 382 g/mol. The number of likely N-dealkylation sites (N-methyl/N-ethyl adjacent to an activating group) is 1. The number of nitrogens with zero attached hydrogens (tertiary/aromatic N) is 2. The highest BCUT2D eigenvalue weighted by atomic mass is 32.1. The van der Waals surface area contributed by atoms with Gasteiger partial charge < -0.3 is 14.4 Å². The fraction of sp³-hybridized carbons (Fsp3) is 0.471. The van der Waals surface area contributed by atoms with Crippen LogP contribution in [0.4, 0.5) is 4.79 Å². The largest absolute Gasteiger partial charge is 0.460 e. The maximum atomic E-state index is 12.2. The van der Waals surface area contributed by atoms with Crippen molar-refractivity contribution in [3.05, 3.63) is 27.4 Å². The third-order valence-corrected chi connectivity index (χ3v) is 4.98. The second-order valence-electron chi connectivity index (χ2n) is 6.48. The summed E-state index contributed by atoms with van der Waals surface area (Å²) in [7, 11) is 1.61. The Kier molecular flexibility index (Phi) is 6.18. The van der Waals surface area contributed by atoms with E-state index in [4.69, 9.17) is 9.47 Å². The minimum Gasteiger partial charge on any atom is -0.460 e. The number of aromatic nitrogens is 1. The summed E-state index contributed by atoms with van der Waals surface area (Å²) in [4.78, 5) is 30.4. The summed E-state index contributed by atoms with van der Waals surface area (Å²) in [5, 5.41) is 4.76. The lowest BCUT2D eigenvalue weighted by Crippen LogP contribution is -2.36. The number of aryl methyl sites for hydroxylation is 1. The zero-order chi connectivity index (χ0) is 18.6.